The zero-order chi connectivity index (χ0) is 13.5. The lowest BCUT2D eigenvalue weighted by Gasteiger charge is -2.18. The molecule has 1 aliphatic rings. The van der Waals surface area contributed by atoms with Crippen molar-refractivity contribution in [3.8, 4) is 0 Å². The minimum atomic E-state index is -3.63. The summed E-state index contributed by atoms with van der Waals surface area (Å²) in [5.74, 6) is -0.441. The highest BCUT2D eigenvalue weighted by molar-refractivity contribution is 7.89. The third kappa shape index (κ3) is 2.39. The third-order valence-electron chi connectivity index (χ3n) is 3.23. The molecule has 2 rings (SSSR count). The first kappa shape index (κ1) is 13.8. The molecule has 1 aromatic rings. The number of rotatable bonds is 4. The highest BCUT2D eigenvalue weighted by Crippen LogP contribution is 2.32. The number of sulfonamides is 1. The summed E-state index contributed by atoms with van der Waals surface area (Å²) >= 11 is 5.65. The van der Waals surface area contributed by atoms with Crippen molar-refractivity contribution < 1.29 is 12.8 Å². The third-order valence-corrected chi connectivity index (χ3v) is 5.57. The van der Waals surface area contributed by atoms with Crippen molar-refractivity contribution >= 4 is 21.6 Å². The second-order valence-electron chi connectivity index (χ2n) is 4.59. The molecule has 3 nitrogen and oxygen atoms in total. The molecule has 1 fully saturated rings. The van der Waals surface area contributed by atoms with Gasteiger partial charge in [-0.25, -0.2) is 12.8 Å². The minimum absolute atomic E-state index is 0.0209. The fourth-order valence-corrected chi connectivity index (χ4v) is 3.69. The summed E-state index contributed by atoms with van der Waals surface area (Å²) in [6.07, 6.45) is 1.74. The number of benzene rings is 1. The van der Waals surface area contributed by atoms with Gasteiger partial charge in [0, 0.05) is 24.5 Å². The Morgan fingerprint density at radius 3 is 2.56 bits per heavy atom. The van der Waals surface area contributed by atoms with Crippen molar-refractivity contribution in [2.45, 2.75) is 36.6 Å². The average molecular weight is 292 g/mol. The first-order chi connectivity index (χ1) is 8.37. The fourth-order valence-electron chi connectivity index (χ4n) is 1.84. The molecule has 0 aromatic heterocycles. The maximum absolute atomic E-state index is 13.7. The van der Waals surface area contributed by atoms with Crippen LogP contribution in [0.3, 0.4) is 0 Å². The number of alkyl halides is 1. The molecular formula is C12H15ClFNO2S. The van der Waals surface area contributed by atoms with Gasteiger partial charge in [0.1, 0.15) is 5.82 Å². The van der Waals surface area contributed by atoms with Crippen LogP contribution in [0.4, 0.5) is 4.39 Å². The number of nitrogens with zero attached hydrogens (tertiary/aromatic N) is 1. The Morgan fingerprint density at radius 2 is 2.06 bits per heavy atom. The van der Waals surface area contributed by atoms with Gasteiger partial charge in [0.15, 0.2) is 0 Å². The van der Waals surface area contributed by atoms with Gasteiger partial charge < -0.3 is 0 Å². The van der Waals surface area contributed by atoms with E-state index in [-0.39, 0.29) is 22.4 Å². The summed E-state index contributed by atoms with van der Waals surface area (Å²) in [4.78, 5) is 0.0209. The Kier molecular flexibility index (Phi) is 3.67. The van der Waals surface area contributed by atoms with Crippen LogP contribution in [0.1, 0.15) is 24.0 Å². The molecule has 0 saturated heterocycles. The zero-order valence-electron chi connectivity index (χ0n) is 10.3. The topological polar surface area (TPSA) is 37.4 Å². The van der Waals surface area contributed by atoms with Crippen LogP contribution in [0.2, 0.25) is 0 Å². The molecule has 0 N–H and O–H groups in total. The molecular weight excluding hydrogens is 277 g/mol. The van der Waals surface area contributed by atoms with Crippen LogP contribution < -0.4 is 0 Å². The van der Waals surface area contributed by atoms with Crippen LogP contribution >= 0.6 is 11.6 Å². The van der Waals surface area contributed by atoms with Gasteiger partial charge in [-0.2, -0.15) is 4.31 Å². The summed E-state index contributed by atoms with van der Waals surface area (Å²) in [5, 5.41) is 0. The number of hydrogen-bond acceptors (Lipinski definition) is 2. The van der Waals surface area contributed by atoms with E-state index in [1.807, 2.05) is 0 Å². The van der Waals surface area contributed by atoms with E-state index in [1.165, 1.54) is 30.4 Å². The lowest BCUT2D eigenvalue weighted by molar-refractivity contribution is 0.462. The standard InChI is InChI=1S/C12H15ClFNO2S/c1-8-11(14)5-9(7-13)6-12(8)18(16,17)15(2)10-3-4-10/h5-6,10H,3-4,7H2,1-2H3. The summed E-state index contributed by atoms with van der Waals surface area (Å²) in [6, 6.07) is 2.79. The maximum Gasteiger partial charge on any atom is 0.243 e. The first-order valence-electron chi connectivity index (χ1n) is 5.71. The van der Waals surface area contributed by atoms with Gasteiger partial charge in [-0.3, -0.25) is 0 Å². The Balaban J connectivity index is 2.52. The van der Waals surface area contributed by atoms with Crippen molar-refractivity contribution in [2.24, 2.45) is 0 Å². The average Bonchev–Trinajstić information content (AvgIpc) is 3.15. The van der Waals surface area contributed by atoms with E-state index in [9.17, 15) is 12.8 Å². The molecule has 0 unspecified atom stereocenters. The van der Waals surface area contributed by atoms with Gasteiger partial charge in [-0.15, -0.1) is 11.6 Å². The van der Waals surface area contributed by atoms with E-state index in [1.54, 1.807) is 0 Å². The molecule has 0 bridgehead atoms. The SMILES string of the molecule is Cc1c(F)cc(CCl)cc1S(=O)(=O)N(C)C1CC1. The molecule has 0 radical (unpaired) electrons. The second kappa shape index (κ2) is 4.79. The van der Waals surface area contributed by atoms with Crippen LogP contribution in [0.25, 0.3) is 0 Å². The lowest BCUT2D eigenvalue weighted by atomic mass is 10.1. The summed E-state index contributed by atoms with van der Waals surface area (Å²) in [6.45, 7) is 1.47. The van der Waals surface area contributed by atoms with Crippen LogP contribution in [-0.4, -0.2) is 25.8 Å². The molecule has 18 heavy (non-hydrogen) atoms. The quantitative estimate of drug-likeness (QED) is 0.800. The first-order valence-corrected chi connectivity index (χ1v) is 7.68. The predicted octanol–water partition coefficient (Wildman–Crippen LogP) is 2.66. The molecule has 6 heteroatoms. The van der Waals surface area contributed by atoms with Gasteiger partial charge in [0.25, 0.3) is 0 Å². The van der Waals surface area contributed by atoms with Crippen LogP contribution in [0.5, 0.6) is 0 Å². The van der Waals surface area contributed by atoms with E-state index >= 15 is 0 Å². The molecule has 100 valence electrons. The Hall–Kier alpha value is -0.650. The monoisotopic (exact) mass is 291 g/mol. The highest BCUT2D eigenvalue weighted by atomic mass is 35.5. The van der Waals surface area contributed by atoms with Gasteiger partial charge in [0.05, 0.1) is 4.90 Å². The van der Waals surface area contributed by atoms with Gasteiger partial charge in [0.2, 0.25) is 10.0 Å². The van der Waals surface area contributed by atoms with E-state index in [0.29, 0.717) is 5.56 Å². The molecule has 1 aliphatic carbocycles. The van der Waals surface area contributed by atoms with Crippen LogP contribution in [0, 0.1) is 12.7 Å². The Bertz CT molecular complexity index is 570. The van der Waals surface area contributed by atoms with Crippen LogP contribution in [-0.2, 0) is 15.9 Å². The molecule has 0 heterocycles. The summed E-state index contributed by atoms with van der Waals surface area (Å²) in [5.41, 5.74) is 0.624. The highest BCUT2D eigenvalue weighted by Gasteiger charge is 2.36. The van der Waals surface area contributed by atoms with Gasteiger partial charge in [-0.1, -0.05) is 0 Å². The smallest absolute Gasteiger partial charge is 0.207 e. The summed E-state index contributed by atoms with van der Waals surface area (Å²) < 4.78 is 39.8. The molecule has 1 aromatic carbocycles. The minimum Gasteiger partial charge on any atom is -0.207 e. The number of halogens is 2. The molecule has 1 saturated carbocycles. The fraction of sp³-hybridized carbons (Fsp3) is 0.500. The molecule has 0 spiro atoms. The molecule has 0 atom stereocenters. The molecule has 0 aliphatic heterocycles. The van der Waals surface area contributed by atoms with E-state index in [0.717, 1.165) is 12.8 Å². The zero-order valence-corrected chi connectivity index (χ0v) is 11.9. The number of hydrogen-bond donors (Lipinski definition) is 0. The molecule has 0 amide bonds. The normalized spacial score (nSPS) is 16.3. The predicted molar refractivity (Wildman–Crippen MR) is 68.7 cm³/mol. The van der Waals surface area contributed by atoms with Gasteiger partial charge in [-0.05, 0) is 37.5 Å². The van der Waals surface area contributed by atoms with Crippen molar-refractivity contribution in [2.75, 3.05) is 7.05 Å². The van der Waals surface area contributed by atoms with Crippen molar-refractivity contribution in [3.05, 3.63) is 29.1 Å². The van der Waals surface area contributed by atoms with Crippen molar-refractivity contribution in [3.63, 3.8) is 0 Å². The summed E-state index contributed by atoms with van der Waals surface area (Å²) in [7, 11) is -2.09. The van der Waals surface area contributed by atoms with Gasteiger partial charge >= 0.3 is 0 Å². The van der Waals surface area contributed by atoms with E-state index in [2.05, 4.69) is 0 Å². The lowest BCUT2D eigenvalue weighted by Crippen LogP contribution is -2.29. The van der Waals surface area contributed by atoms with E-state index in [4.69, 9.17) is 11.6 Å². The van der Waals surface area contributed by atoms with Crippen molar-refractivity contribution in [1.82, 2.24) is 4.31 Å². The Morgan fingerprint density at radius 1 is 1.44 bits per heavy atom. The largest absolute Gasteiger partial charge is 0.243 e. The maximum atomic E-state index is 13.7. The van der Waals surface area contributed by atoms with Crippen molar-refractivity contribution in [1.29, 1.82) is 0 Å². The second-order valence-corrected chi connectivity index (χ2v) is 6.82. The van der Waals surface area contributed by atoms with E-state index < -0.39 is 15.8 Å². The van der Waals surface area contributed by atoms with Crippen LogP contribution in [0.15, 0.2) is 17.0 Å². The Labute approximate surface area is 112 Å².